The minimum Gasteiger partial charge on any atom is -0.325 e. The summed E-state index contributed by atoms with van der Waals surface area (Å²) in [5, 5.41) is 6.80. The number of nitrogens with one attached hydrogen (secondary N) is 2. The van der Waals surface area contributed by atoms with Crippen molar-refractivity contribution in [1.82, 2.24) is 5.32 Å². The summed E-state index contributed by atoms with van der Waals surface area (Å²) in [6, 6.07) is 5.35. The highest BCUT2D eigenvalue weighted by molar-refractivity contribution is 9.10. The molecule has 17 heavy (non-hydrogen) atoms. The fourth-order valence-electron chi connectivity index (χ4n) is 1.90. The monoisotopic (exact) mass is 316 g/mol. The van der Waals surface area contributed by atoms with E-state index in [4.69, 9.17) is 11.6 Å². The summed E-state index contributed by atoms with van der Waals surface area (Å²) < 4.78 is 0.808. The van der Waals surface area contributed by atoms with Crippen LogP contribution in [-0.4, -0.2) is 19.0 Å². The van der Waals surface area contributed by atoms with Gasteiger partial charge < -0.3 is 10.6 Å². The molecule has 1 amide bonds. The molecule has 5 heteroatoms. The van der Waals surface area contributed by atoms with Crippen LogP contribution in [0.2, 0.25) is 5.02 Å². The molecule has 0 saturated carbocycles. The maximum atomic E-state index is 12.0. The molecule has 1 atom stereocenters. The Morgan fingerprint density at radius 2 is 2.35 bits per heavy atom. The molecule has 1 heterocycles. The number of piperidine rings is 1. The highest BCUT2D eigenvalue weighted by Crippen LogP contribution is 2.26. The fourth-order valence-corrected chi connectivity index (χ4v) is 2.68. The Morgan fingerprint density at radius 3 is 3.00 bits per heavy atom. The number of carbonyl (C=O) groups is 1. The van der Waals surface area contributed by atoms with Crippen molar-refractivity contribution < 1.29 is 4.79 Å². The molecule has 1 aromatic carbocycles. The van der Waals surface area contributed by atoms with Crippen molar-refractivity contribution in [2.24, 2.45) is 5.92 Å². The lowest BCUT2D eigenvalue weighted by Gasteiger charge is -2.22. The van der Waals surface area contributed by atoms with Crippen molar-refractivity contribution in [1.29, 1.82) is 0 Å². The zero-order chi connectivity index (χ0) is 12.3. The first-order valence-corrected chi connectivity index (χ1v) is 6.80. The van der Waals surface area contributed by atoms with Crippen LogP contribution in [0.15, 0.2) is 22.7 Å². The molecule has 0 bridgehead atoms. The third-order valence-electron chi connectivity index (χ3n) is 2.86. The minimum absolute atomic E-state index is 0.0614. The van der Waals surface area contributed by atoms with Gasteiger partial charge in [0.1, 0.15) is 0 Å². The topological polar surface area (TPSA) is 41.1 Å². The summed E-state index contributed by atoms with van der Waals surface area (Å²) in [7, 11) is 0. The molecule has 1 aliphatic heterocycles. The average molecular weight is 318 g/mol. The van der Waals surface area contributed by atoms with Crippen LogP contribution in [-0.2, 0) is 4.79 Å². The Morgan fingerprint density at radius 1 is 1.53 bits per heavy atom. The average Bonchev–Trinajstić information content (AvgIpc) is 2.34. The molecule has 3 nitrogen and oxygen atoms in total. The fraction of sp³-hybridized carbons (Fsp3) is 0.417. The highest BCUT2D eigenvalue weighted by atomic mass is 79.9. The van der Waals surface area contributed by atoms with Crippen molar-refractivity contribution in [3.8, 4) is 0 Å². The molecule has 0 unspecified atom stereocenters. The number of anilines is 1. The second-order valence-electron chi connectivity index (χ2n) is 4.16. The largest absolute Gasteiger partial charge is 0.325 e. The van der Waals surface area contributed by atoms with E-state index in [1.807, 2.05) is 0 Å². The van der Waals surface area contributed by atoms with Gasteiger partial charge in [-0.15, -0.1) is 0 Å². The Kier molecular flexibility index (Phi) is 4.42. The van der Waals surface area contributed by atoms with Crippen molar-refractivity contribution in [2.75, 3.05) is 18.4 Å². The lowest BCUT2D eigenvalue weighted by molar-refractivity contribution is -0.120. The standard InChI is InChI=1S/C12H14BrClN2O/c13-10-6-9(14)3-4-11(10)16-12(17)8-2-1-5-15-7-8/h3-4,6,8,15H,1-2,5,7H2,(H,16,17)/t8-/m0/s1. The van der Waals surface area contributed by atoms with Gasteiger partial charge in [-0.1, -0.05) is 11.6 Å². The molecule has 0 aromatic heterocycles. The molecule has 2 rings (SSSR count). The highest BCUT2D eigenvalue weighted by Gasteiger charge is 2.21. The van der Waals surface area contributed by atoms with Gasteiger partial charge in [0.25, 0.3) is 0 Å². The van der Waals surface area contributed by atoms with E-state index in [-0.39, 0.29) is 11.8 Å². The number of amides is 1. The van der Waals surface area contributed by atoms with Gasteiger partial charge in [-0.25, -0.2) is 0 Å². The van der Waals surface area contributed by atoms with E-state index in [0.29, 0.717) is 5.02 Å². The Labute approximate surface area is 114 Å². The lowest BCUT2D eigenvalue weighted by atomic mass is 9.99. The van der Waals surface area contributed by atoms with Crippen LogP contribution in [0.25, 0.3) is 0 Å². The molecule has 1 saturated heterocycles. The van der Waals surface area contributed by atoms with Crippen LogP contribution in [0.4, 0.5) is 5.69 Å². The summed E-state index contributed by atoms with van der Waals surface area (Å²) in [4.78, 5) is 12.0. The molecule has 92 valence electrons. The number of hydrogen-bond acceptors (Lipinski definition) is 2. The van der Waals surface area contributed by atoms with Crippen LogP contribution >= 0.6 is 27.5 Å². The van der Waals surface area contributed by atoms with E-state index in [9.17, 15) is 4.79 Å². The number of carbonyl (C=O) groups excluding carboxylic acids is 1. The van der Waals surface area contributed by atoms with Gasteiger partial charge in [0, 0.05) is 16.0 Å². The second kappa shape index (κ2) is 5.85. The van der Waals surface area contributed by atoms with Crippen LogP contribution in [0.3, 0.4) is 0 Å². The summed E-state index contributed by atoms with van der Waals surface area (Å²) in [6.45, 7) is 1.77. The van der Waals surface area contributed by atoms with Gasteiger partial charge in [-0.2, -0.15) is 0 Å². The molecule has 0 spiro atoms. The summed E-state index contributed by atoms with van der Waals surface area (Å²) >= 11 is 9.23. The van der Waals surface area contributed by atoms with E-state index in [1.165, 1.54) is 0 Å². The smallest absolute Gasteiger partial charge is 0.228 e. The van der Waals surface area contributed by atoms with E-state index < -0.39 is 0 Å². The predicted octanol–water partition coefficient (Wildman–Crippen LogP) is 3.04. The number of benzene rings is 1. The molecule has 1 fully saturated rings. The second-order valence-corrected chi connectivity index (χ2v) is 5.45. The van der Waals surface area contributed by atoms with Gasteiger partial charge in [-0.3, -0.25) is 4.79 Å². The van der Waals surface area contributed by atoms with Gasteiger partial charge in [0.2, 0.25) is 5.91 Å². The predicted molar refractivity (Wildman–Crippen MR) is 73.4 cm³/mol. The van der Waals surface area contributed by atoms with E-state index in [1.54, 1.807) is 18.2 Å². The first-order chi connectivity index (χ1) is 8.16. The molecule has 0 aliphatic carbocycles. The maximum absolute atomic E-state index is 12.0. The Bertz CT molecular complexity index is 419. The quantitative estimate of drug-likeness (QED) is 0.880. The molecule has 1 aromatic rings. The molecular formula is C12H14BrClN2O. The zero-order valence-corrected chi connectivity index (χ0v) is 11.6. The number of hydrogen-bond donors (Lipinski definition) is 2. The Balaban J connectivity index is 2.02. The van der Waals surface area contributed by atoms with Crippen LogP contribution in [0.1, 0.15) is 12.8 Å². The third kappa shape index (κ3) is 3.44. The Hall–Kier alpha value is -0.580. The van der Waals surface area contributed by atoms with Gasteiger partial charge in [-0.05, 0) is 53.5 Å². The van der Waals surface area contributed by atoms with Crippen molar-refractivity contribution in [3.63, 3.8) is 0 Å². The zero-order valence-electron chi connectivity index (χ0n) is 9.30. The van der Waals surface area contributed by atoms with Crippen LogP contribution in [0, 0.1) is 5.92 Å². The lowest BCUT2D eigenvalue weighted by Crippen LogP contribution is -2.37. The summed E-state index contributed by atoms with van der Waals surface area (Å²) in [5.74, 6) is 0.131. The van der Waals surface area contributed by atoms with Crippen LogP contribution < -0.4 is 10.6 Å². The minimum atomic E-state index is 0.0614. The van der Waals surface area contributed by atoms with Crippen LogP contribution in [0.5, 0.6) is 0 Å². The van der Waals surface area contributed by atoms with Gasteiger partial charge >= 0.3 is 0 Å². The van der Waals surface area contributed by atoms with E-state index in [0.717, 1.165) is 36.1 Å². The van der Waals surface area contributed by atoms with Crippen molar-refractivity contribution in [2.45, 2.75) is 12.8 Å². The molecule has 1 aliphatic rings. The van der Waals surface area contributed by atoms with Crippen molar-refractivity contribution in [3.05, 3.63) is 27.7 Å². The van der Waals surface area contributed by atoms with Gasteiger partial charge in [0.15, 0.2) is 0 Å². The van der Waals surface area contributed by atoms with E-state index >= 15 is 0 Å². The first-order valence-electron chi connectivity index (χ1n) is 5.63. The molecular weight excluding hydrogens is 304 g/mol. The molecule has 0 radical (unpaired) electrons. The molecule has 2 N–H and O–H groups in total. The third-order valence-corrected chi connectivity index (χ3v) is 3.75. The normalized spacial score (nSPS) is 20.0. The SMILES string of the molecule is O=C(Nc1ccc(Cl)cc1Br)[C@H]1CCCNC1. The maximum Gasteiger partial charge on any atom is 0.228 e. The number of rotatable bonds is 2. The van der Waals surface area contributed by atoms with Crippen molar-refractivity contribution >= 4 is 39.1 Å². The first kappa shape index (κ1) is 12.9. The number of halogens is 2. The summed E-state index contributed by atoms with van der Waals surface area (Å²) in [6.07, 6.45) is 2.00. The van der Waals surface area contributed by atoms with E-state index in [2.05, 4.69) is 26.6 Å². The summed E-state index contributed by atoms with van der Waals surface area (Å²) in [5.41, 5.74) is 0.768. The van der Waals surface area contributed by atoms with Gasteiger partial charge in [0.05, 0.1) is 11.6 Å².